The Kier molecular flexibility index (Phi) is 3.61. The smallest absolute Gasteiger partial charge is 0.169 e. The van der Waals surface area contributed by atoms with E-state index in [0.717, 1.165) is 11.5 Å². The molecule has 0 amide bonds. The molecule has 2 heterocycles. The summed E-state index contributed by atoms with van der Waals surface area (Å²) in [5, 5.41) is 14.3. The number of aromatic nitrogens is 4. The summed E-state index contributed by atoms with van der Waals surface area (Å²) in [6, 6.07) is 14.1. The SMILES string of the molecule is CC(Sc1cccs1)c1nnnn1-c1ccccc1. The summed E-state index contributed by atoms with van der Waals surface area (Å²) in [7, 11) is 0. The third kappa shape index (κ3) is 2.69. The van der Waals surface area contributed by atoms with E-state index in [4.69, 9.17) is 0 Å². The van der Waals surface area contributed by atoms with Gasteiger partial charge in [0.2, 0.25) is 0 Å². The van der Waals surface area contributed by atoms with Crippen molar-refractivity contribution in [2.24, 2.45) is 0 Å². The van der Waals surface area contributed by atoms with Crippen LogP contribution in [-0.4, -0.2) is 20.2 Å². The van der Waals surface area contributed by atoms with Crippen LogP contribution in [0.25, 0.3) is 5.69 Å². The van der Waals surface area contributed by atoms with E-state index < -0.39 is 0 Å². The van der Waals surface area contributed by atoms with E-state index in [1.807, 2.05) is 30.3 Å². The molecule has 3 aromatic rings. The first-order valence-corrected chi connectivity index (χ1v) is 7.64. The molecular weight excluding hydrogens is 276 g/mol. The van der Waals surface area contributed by atoms with Crippen LogP contribution in [-0.2, 0) is 0 Å². The van der Waals surface area contributed by atoms with Crippen LogP contribution in [0.1, 0.15) is 18.0 Å². The molecule has 4 nitrogen and oxygen atoms in total. The summed E-state index contributed by atoms with van der Waals surface area (Å²) in [5.41, 5.74) is 0.987. The van der Waals surface area contributed by atoms with E-state index in [1.165, 1.54) is 4.21 Å². The molecule has 19 heavy (non-hydrogen) atoms. The van der Waals surface area contributed by atoms with Gasteiger partial charge >= 0.3 is 0 Å². The van der Waals surface area contributed by atoms with Gasteiger partial charge in [-0.3, -0.25) is 0 Å². The fraction of sp³-hybridized carbons (Fsp3) is 0.154. The van der Waals surface area contributed by atoms with Gasteiger partial charge in [0.05, 0.1) is 15.1 Å². The monoisotopic (exact) mass is 288 g/mol. The molecule has 0 aliphatic rings. The van der Waals surface area contributed by atoms with Crippen LogP contribution in [0.3, 0.4) is 0 Å². The van der Waals surface area contributed by atoms with E-state index in [-0.39, 0.29) is 5.25 Å². The van der Waals surface area contributed by atoms with Crippen molar-refractivity contribution < 1.29 is 0 Å². The van der Waals surface area contributed by atoms with Crippen molar-refractivity contribution >= 4 is 23.1 Å². The van der Waals surface area contributed by atoms with E-state index in [9.17, 15) is 0 Å². The molecule has 0 radical (unpaired) electrons. The maximum Gasteiger partial charge on any atom is 0.169 e. The lowest BCUT2D eigenvalue weighted by atomic mass is 10.3. The molecule has 3 rings (SSSR count). The van der Waals surface area contributed by atoms with Crippen LogP contribution in [0.15, 0.2) is 52.1 Å². The van der Waals surface area contributed by atoms with Crippen LogP contribution >= 0.6 is 23.1 Å². The van der Waals surface area contributed by atoms with Crippen molar-refractivity contribution in [2.75, 3.05) is 0 Å². The zero-order valence-corrected chi connectivity index (χ0v) is 11.9. The first-order valence-electron chi connectivity index (χ1n) is 5.88. The number of nitrogens with zero attached hydrogens (tertiary/aromatic N) is 4. The number of benzene rings is 1. The van der Waals surface area contributed by atoms with Crippen molar-refractivity contribution in [3.05, 3.63) is 53.7 Å². The highest BCUT2D eigenvalue weighted by Crippen LogP contribution is 2.36. The number of hydrogen-bond donors (Lipinski definition) is 0. The minimum Gasteiger partial charge on any atom is -0.196 e. The van der Waals surface area contributed by atoms with Gasteiger partial charge in [0.1, 0.15) is 0 Å². The third-order valence-electron chi connectivity index (χ3n) is 2.65. The standard InChI is InChI=1S/C13H12N4S2/c1-10(19-12-8-5-9-18-12)13-14-15-16-17(13)11-6-3-2-4-7-11/h2-10H,1H3. The molecule has 0 fully saturated rings. The first-order chi connectivity index (χ1) is 9.34. The summed E-state index contributed by atoms with van der Waals surface area (Å²) in [6.07, 6.45) is 0. The van der Waals surface area contributed by atoms with Crippen molar-refractivity contribution in [1.29, 1.82) is 0 Å². The van der Waals surface area contributed by atoms with Gasteiger partial charge in [0.15, 0.2) is 5.82 Å². The van der Waals surface area contributed by atoms with Gasteiger partial charge in [-0.25, -0.2) is 0 Å². The Morgan fingerprint density at radius 1 is 1.16 bits per heavy atom. The molecule has 1 aromatic carbocycles. The molecule has 96 valence electrons. The minimum absolute atomic E-state index is 0.203. The topological polar surface area (TPSA) is 43.6 Å². The maximum absolute atomic E-state index is 4.16. The van der Waals surface area contributed by atoms with E-state index in [0.29, 0.717) is 0 Å². The second-order valence-corrected chi connectivity index (χ2v) is 6.57. The lowest BCUT2D eigenvalue weighted by Crippen LogP contribution is -2.04. The number of para-hydroxylation sites is 1. The van der Waals surface area contributed by atoms with Crippen LogP contribution in [0.2, 0.25) is 0 Å². The summed E-state index contributed by atoms with van der Waals surface area (Å²) in [4.78, 5) is 0. The first kappa shape index (κ1) is 12.4. The zero-order valence-electron chi connectivity index (χ0n) is 10.3. The molecular formula is C13H12N4S2. The van der Waals surface area contributed by atoms with Crippen LogP contribution < -0.4 is 0 Å². The summed E-state index contributed by atoms with van der Waals surface area (Å²) in [5.74, 6) is 0.865. The van der Waals surface area contributed by atoms with Crippen LogP contribution in [0, 0.1) is 0 Å². The molecule has 1 unspecified atom stereocenters. The van der Waals surface area contributed by atoms with E-state index >= 15 is 0 Å². The highest BCUT2D eigenvalue weighted by atomic mass is 32.2. The average Bonchev–Trinajstić information content (AvgIpc) is 3.10. The number of thiophene rings is 1. The van der Waals surface area contributed by atoms with E-state index in [1.54, 1.807) is 27.8 Å². The van der Waals surface area contributed by atoms with Gasteiger partial charge in [-0.15, -0.1) is 28.2 Å². The van der Waals surface area contributed by atoms with Crippen molar-refractivity contribution in [2.45, 2.75) is 16.4 Å². The fourth-order valence-corrected chi connectivity index (χ4v) is 3.79. The van der Waals surface area contributed by atoms with Gasteiger partial charge in [-0.2, -0.15) is 4.68 Å². The largest absolute Gasteiger partial charge is 0.196 e. The predicted molar refractivity (Wildman–Crippen MR) is 77.7 cm³/mol. The quantitative estimate of drug-likeness (QED) is 0.688. The molecule has 1 atom stereocenters. The van der Waals surface area contributed by atoms with Crippen molar-refractivity contribution in [1.82, 2.24) is 20.2 Å². The molecule has 6 heteroatoms. The molecule has 0 saturated heterocycles. The maximum atomic E-state index is 4.16. The highest BCUT2D eigenvalue weighted by molar-refractivity contribution is 8.01. The lowest BCUT2D eigenvalue weighted by molar-refractivity contribution is 0.763. The van der Waals surface area contributed by atoms with Gasteiger partial charge in [0, 0.05) is 0 Å². The van der Waals surface area contributed by atoms with Gasteiger partial charge in [-0.1, -0.05) is 24.3 Å². The Labute approximate surface area is 119 Å². The van der Waals surface area contributed by atoms with Gasteiger partial charge in [0.25, 0.3) is 0 Å². The van der Waals surface area contributed by atoms with Crippen LogP contribution in [0.5, 0.6) is 0 Å². The Morgan fingerprint density at radius 2 is 2.00 bits per heavy atom. The molecule has 0 N–H and O–H groups in total. The summed E-state index contributed by atoms with van der Waals surface area (Å²) < 4.78 is 3.07. The number of tetrazole rings is 1. The zero-order chi connectivity index (χ0) is 13.1. The Balaban J connectivity index is 1.88. The molecule has 0 saturated carbocycles. The van der Waals surface area contributed by atoms with Gasteiger partial charge in [-0.05, 0) is 40.9 Å². The van der Waals surface area contributed by atoms with Crippen molar-refractivity contribution in [3.8, 4) is 5.69 Å². The summed E-state index contributed by atoms with van der Waals surface area (Å²) >= 11 is 3.51. The third-order valence-corrected chi connectivity index (χ3v) is 4.82. The molecule has 0 aliphatic carbocycles. The lowest BCUT2D eigenvalue weighted by Gasteiger charge is -2.09. The molecule has 0 aliphatic heterocycles. The summed E-state index contributed by atoms with van der Waals surface area (Å²) in [6.45, 7) is 2.12. The fourth-order valence-electron chi connectivity index (χ4n) is 1.76. The molecule has 0 bridgehead atoms. The van der Waals surface area contributed by atoms with Crippen molar-refractivity contribution in [3.63, 3.8) is 0 Å². The molecule has 0 spiro atoms. The Hall–Kier alpha value is -1.66. The minimum atomic E-state index is 0.203. The Bertz CT molecular complexity index is 634. The molecule has 2 aromatic heterocycles. The second-order valence-electron chi connectivity index (χ2n) is 3.98. The number of thioether (sulfide) groups is 1. The predicted octanol–water partition coefficient (Wildman–Crippen LogP) is 3.58. The number of hydrogen-bond acceptors (Lipinski definition) is 5. The van der Waals surface area contributed by atoms with Crippen LogP contribution in [0.4, 0.5) is 0 Å². The average molecular weight is 288 g/mol. The van der Waals surface area contributed by atoms with Gasteiger partial charge < -0.3 is 0 Å². The number of rotatable bonds is 4. The second kappa shape index (κ2) is 5.54. The normalized spacial score (nSPS) is 12.5. The highest BCUT2D eigenvalue weighted by Gasteiger charge is 2.17. The van der Waals surface area contributed by atoms with E-state index in [2.05, 4.69) is 40.0 Å². The Morgan fingerprint density at radius 3 is 2.74 bits per heavy atom.